The largest absolute Gasteiger partial charge is 0.343 e. The number of amides is 1. The van der Waals surface area contributed by atoms with Crippen molar-refractivity contribution in [2.75, 3.05) is 19.6 Å². The summed E-state index contributed by atoms with van der Waals surface area (Å²) in [5.74, 6) is 0.346. The number of nitrogens with one attached hydrogen (secondary N) is 1. The lowest BCUT2D eigenvalue weighted by Gasteiger charge is -2.25. The van der Waals surface area contributed by atoms with Crippen LogP contribution in [0.4, 0.5) is 0 Å². The third-order valence-electron chi connectivity index (χ3n) is 4.24. The van der Waals surface area contributed by atoms with Crippen LogP contribution in [0.5, 0.6) is 0 Å². The molecular formula is C17H34N2O. The predicted molar refractivity (Wildman–Crippen MR) is 85.9 cm³/mol. The van der Waals surface area contributed by atoms with E-state index in [1.54, 1.807) is 0 Å². The fourth-order valence-electron chi connectivity index (χ4n) is 2.96. The van der Waals surface area contributed by atoms with E-state index in [2.05, 4.69) is 24.1 Å². The highest BCUT2D eigenvalue weighted by Crippen LogP contribution is 2.17. The molecule has 0 heterocycles. The molecule has 1 aliphatic rings. The van der Waals surface area contributed by atoms with E-state index in [9.17, 15) is 4.79 Å². The van der Waals surface area contributed by atoms with Crippen molar-refractivity contribution in [3.63, 3.8) is 0 Å². The van der Waals surface area contributed by atoms with E-state index in [0.29, 0.717) is 12.3 Å². The molecular weight excluding hydrogens is 248 g/mol. The smallest absolute Gasteiger partial charge is 0.222 e. The summed E-state index contributed by atoms with van der Waals surface area (Å²) >= 11 is 0. The second kappa shape index (κ2) is 11.1. The summed E-state index contributed by atoms with van der Waals surface area (Å²) in [5, 5.41) is 3.67. The number of rotatable bonds is 10. The molecule has 1 fully saturated rings. The van der Waals surface area contributed by atoms with Crippen LogP contribution in [-0.4, -0.2) is 36.5 Å². The molecule has 0 aromatic carbocycles. The number of carbonyl (C=O) groups excluding carboxylic acids is 1. The minimum atomic E-state index is 0.346. The molecule has 1 rings (SSSR count). The summed E-state index contributed by atoms with van der Waals surface area (Å²) in [6, 6.07) is 0.735. The third-order valence-corrected chi connectivity index (χ3v) is 4.24. The van der Waals surface area contributed by atoms with E-state index in [4.69, 9.17) is 0 Å². The molecule has 0 aromatic heterocycles. The molecule has 1 aliphatic carbocycles. The Kier molecular flexibility index (Phi) is 9.73. The van der Waals surface area contributed by atoms with E-state index < -0.39 is 0 Å². The summed E-state index contributed by atoms with van der Waals surface area (Å²) in [6.07, 6.45) is 11.9. The first-order valence-electron chi connectivity index (χ1n) is 8.79. The topological polar surface area (TPSA) is 32.3 Å². The molecule has 0 bridgehead atoms. The molecule has 0 radical (unpaired) electrons. The van der Waals surface area contributed by atoms with Gasteiger partial charge in [0.25, 0.3) is 0 Å². The van der Waals surface area contributed by atoms with Crippen molar-refractivity contribution in [2.24, 2.45) is 0 Å². The highest BCUT2D eigenvalue weighted by Gasteiger charge is 2.14. The minimum absolute atomic E-state index is 0.346. The molecule has 1 N–H and O–H groups in total. The number of hydrogen-bond acceptors (Lipinski definition) is 2. The monoisotopic (exact) mass is 282 g/mol. The van der Waals surface area contributed by atoms with Crippen molar-refractivity contribution in [3.05, 3.63) is 0 Å². The van der Waals surface area contributed by atoms with Crippen molar-refractivity contribution in [3.8, 4) is 0 Å². The maximum absolute atomic E-state index is 12.1. The Balaban J connectivity index is 2.17. The van der Waals surface area contributed by atoms with Crippen molar-refractivity contribution >= 4 is 5.91 Å². The molecule has 0 aliphatic heterocycles. The molecule has 0 unspecified atom stereocenters. The quantitative estimate of drug-likeness (QED) is 0.619. The number of unbranched alkanes of at least 4 members (excludes halogenated alkanes) is 1. The minimum Gasteiger partial charge on any atom is -0.343 e. The Labute approximate surface area is 125 Å². The molecule has 3 heteroatoms. The average Bonchev–Trinajstić information content (AvgIpc) is 2.47. The molecule has 1 amide bonds. The lowest BCUT2D eigenvalue weighted by Crippen LogP contribution is -2.36. The van der Waals surface area contributed by atoms with Gasteiger partial charge in [0.2, 0.25) is 5.91 Å². The standard InChI is InChI=1S/C17H34N2O/c1-3-5-14-19(17(20)10-4-2)15-9-13-18-16-11-7-6-8-12-16/h16,18H,3-15H2,1-2H3. The van der Waals surface area contributed by atoms with Gasteiger partial charge >= 0.3 is 0 Å². The van der Waals surface area contributed by atoms with Crippen LogP contribution in [0.2, 0.25) is 0 Å². The Morgan fingerprint density at radius 1 is 1.05 bits per heavy atom. The van der Waals surface area contributed by atoms with Gasteiger partial charge in [-0.3, -0.25) is 4.79 Å². The maximum atomic E-state index is 12.1. The zero-order valence-corrected chi connectivity index (χ0v) is 13.6. The van der Waals surface area contributed by atoms with Gasteiger partial charge in [0, 0.05) is 25.6 Å². The van der Waals surface area contributed by atoms with E-state index in [1.165, 1.54) is 32.1 Å². The predicted octanol–water partition coefficient (Wildman–Crippen LogP) is 3.73. The summed E-state index contributed by atoms with van der Waals surface area (Å²) < 4.78 is 0. The number of hydrogen-bond donors (Lipinski definition) is 1. The van der Waals surface area contributed by atoms with Gasteiger partial charge < -0.3 is 10.2 Å². The molecule has 0 atom stereocenters. The maximum Gasteiger partial charge on any atom is 0.222 e. The first-order valence-corrected chi connectivity index (χ1v) is 8.79. The molecule has 0 spiro atoms. The molecule has 0 saturated heterocycles. The van der Waals surface area contributed by atoms with Crippen LogP contribution < -0.4 is 5.32 Å². The fourth-order valence-corrected chi connectivity index (χ4v) is 2.96. The number of nitrogens with zero attached hydrogens (tertiary/aromatic N) is 1. The van der Waals surface area contributed by atoms with Gasteiger partial charge in [0.1, 0.15) is 0 Å². The van der Waals surface area contributed by atoms with E-state index in [0.717, 1.165) is 51.4 Å². The van der Waals surface area contributed by atoms with Gasteiger partial charge in [-0.1, -0.05) is 39.5 Å². The molecule has 118 valence electrons. The van der Waals surface area contributed by atoms with Crippen LogP contribution in [0.3, 0.4) is 0 Å². The van der Waals surface area contributed by atoms with Gasteiger partial charge in [0.05, 0.1) is 0 Å². The summed E-state index contributed by atoms with van der Waals surface area (Å²) in [6.45, 7) is 7.21. The van der Waals surface area contributed by atoms with Gasteiger partial charge in [-0.2, -0.15) is 0 Å². The van der Waals surface area contributed by atoms with Crippen LogP contribution >= 0.6 is 0 Å². The van der Waals surface area contributed by atoms with Crippen molar-refractivity contribution < 1.29 is 4.79 Å². The van der Waals surface area contributed by atoms with Crippen LogP contribution in [-0.2, 0) is 4.79 Å². The van der Waals surface area contributed by atoms with E-state index in [1.807, 2.05) is 0 Å². The SMILES string of the molecule is CCCCN(CCCNC1CCCCC1)C(=O)CCC. The summed E-state index contributed by atoms with van der Waals surface area (Å²) in [5.41, 5.74) is 0. The van der Waals surface area contributed by atoms with Crippen LogP contribution in [0.1, 0.15) is 78.1 Å². The van der Waals surface area contributed by atoms with E-state index >= 15 is 0 Å². The fraction of sp³-hybridized carbons (Fsp3) is 0.941. The molecule has 3 nitrogen and oxygen atoms in total. The van der Waals surface area contributed by atoms with Crippen LogP contribution in [0.25, 0.3) is 0 Å². The normalized spacial score (nSPS) is 16.3. The Bertz CT molecular complexity index is 249. The zero-order chi connectivity index (χ0) is 14.6. The summed E-state index contributed by atoms with van der Waals surface area (Å²) in [7, 11) is 0. The Morgan fingerprint density at radius 3 is 2.40 bits per heavy atom. The second-order valence-electron chi connectivity index (χ2n) is 6.13. The molecule has 20 heavy (non-hydrogen) atoms. The Morgan fingerprint density at radius 2 is 1.75 bits per heavy atom. The molecule has 0 aromatic rings. The number of carbonyl (C=O) groups is 1. The molecule has 1 saturated carbocycles. The average molecular weight is 282 g/mol. The lowest BCUT2D eigenvalue weighted by molar-refractivity contribution is -0.131. The highest BCUT2D eigenvalue weighted by atomic mass is 16.2. The van der Waals surface area contributed by atoms with Crippen molar-refractivity contribution in [2.45, 2.75) is 84.1 Å². The van der Waals surface area contributed by atoms with Crippen molar-refractivity contribution in [1.82, 2.24) is 10.2 Å². The summed E-state index contributed by atoms with van der Waals surface area (Å²) in [4.78, 5) is 14.1. The lowest BCUT2D eigenvalue weighted by atomic mass is 9.95. The first kappa shape index (κ1) is 17.5. The van der Waals surface area contributed by atoms with Crippen LogP contribution in [0, 0.1) is 0 Å². The van der Waals surface area contributed by atoms with Gasteiger partial charge in [-0.25, -0.2) is 0 Å². The second-order valence-corrected chi connectivity index (χ2v) is 6.13. The highest BCUT2D eigenvalue weighted by molar-refractivity contribution is 5.76. The zero-order valence-electron chi connectivity index (χ0n) is 13.6. The third kappa shape index (κ3) is 7.28. The van der Waals surface area contributed by atoms with E-state index in [-0.39, 0.29) is 0 Å². The van der Waals surface area contributed by atoms with Gasteiger partial charge in [-0.05, 0) is 38.6 Å². The van der Waals surface area contributed by atoms with Gasteiger partial charge in [-0.15, -0.1) is 0 Å². The van der Waals surface area contributed by atoms with Crippen molar-refractivity contribution in [1.29, 1.82) is 0 Å². The first-order chi connectivity index (χ1) is 9.77. The Hall–Kier alpha value is -0.570. The van der Waals surface area contributed by atoms with Gasteiger partial charge in [0.15, 0.2) is 0 Å². The van der Waals surface area contributed by atoms with Crippen LogP contribution in [0.15, 0.2) is 0 Å².